The van der Waals surface area contributed by atoms with Crippen molar-refractivity contribution in [2.24, 2.45) is 5.92 Å². The molecule has 0 N–H and O–H groups in total. The predicted molar refractivity (Wildman–Crippen MR) is 59.3 cm³/mol. The molecule has 0 amide bonds. The van der Waals surface area contributed by atoms with Crippen molar-refractivity contribution in [1.82, 2.24) is 0 Å². The Bertz CT molecular complexity index is 246. The van der Waals surface area contributed by atoms with Gasteiger partial charge >= 0.3 is 0 Å². The van der Waals surface area contributed by atoms with Gasteiger partial charge in [-0.05, 0) is 19.3 Å². The lowest BCUT2D eigenvalue weighted by molar-refractivity contribution is 0.429. The molecule has 4 atom stereocenters. The fourth-order valence-corrected chi connectivity index (χ4v) is 3.83. The standard InChI is InChI=1S/C11H19NOS/c1-3-9(2)14(13)11-7-5-4-6-10(11)8-12/h9-11H,3-7H2,1-2H3. The van der Waals surface area contributed by atoms with E-state index in [-0.39, 0.29) is 16.4 Å². The molecule has 0 heterocycles. The Morgan fingerprint density at radius 2 is 2.14 bits per heavy atom. The van der Waals surface area contributed by atoms with Gasteiger partial charge in [0.15, 0.2) is 0 Å². The number of hydrogen-bond acceptors (Lipinski definition) is 2. The van der Waals surface area contributed by atoms with Gasteiger partial charge in [-0.3, -0.25) is 4.21 Å². The molecule has 1 aliphatic rings. The van der Waals surface area contributed by atoms with E-state index in [9.17, 15) is 4.21 Å². The summed E-state index contributed by atoms with van der Waals surface area (Å²) in [7, 11) is -0.804. The van der Waals surface area contributed by atoms with E-state index >= 15 is 0 Å². The molecule has 0 saturated heterocycles. The number of rotatable bonds is 3. The average Bonchev–Trinajstić information content (AvgIpc) is 2.26. The summed E-state index contributed by atoms with van der Waals surface area (Å²) in [4.78, 5) is 0. The molecule has 2 nitrogen and oxygen atoms in total. The molecule has 0 aliphatic heterocycles. The normalized spacial score (nSPS) is 31.8. The van der Waals surface area contributed by atoms with Crippen LogP contribution in [0.5, 0.6) is 0 Å². The van der Waals surface area contributed by atoms with E-state index in [1.807, 2.05) is 6.92 Å². The molecule has 1 aliphatic carbocycles. The van der Waals surface area contributed by atoms with Crippen LogP contribution in [-0.2, 0) is 10.8 Å². The highest BCUT2D eigenvalue weighted by atomic mass is 32.2. The van der Waals surface area contributed by atoms with Gasteiger partial charge in [-0.2, -0.15) is 5.26 Å². The van der Waals surface area contributed by atoms with Crippen LogP contribution in [0.25, 0.3) is 0 Å². The molecule has 1 rings (SSSR count). The topological polar surface area (TPSA) is 40.9 Å². The van der Waals surface area contributed by atoms with Crippen LogP contribution in [-0.4, -0.2) is 14.7 Å². The van der Waals surface area contributed by atoms with E-state index in [0.717, 1.165) is 32.1 Å². The maximum atomic E-state index is 12.1. The van der Waals surface area contributed by atoms with E-state index in [0.29, 0.717) is 0 Å². The van der Waals surface area contributed by atoms with Gasteiger partial charge in [-0.25, -0.2) is 0 Å². The van der Waals surface area contributed by atoms with Crippen LogP contribution in [0.2, 0.25) is 0 Å². The number of nitrogens with zero attached hydrogens (tertiary/aromatic N) is 1. The van der Waals surface area contributed by atoms with Gasteiger partial charge in [0.25, 0.3) is 0 Å². The zero-order valence-electron chi connectivity index (χ0n) is 9.03. The van der Waals surface area contributed by atoms with Crippen LogP contribution < -0.4 is 0 Å². The van der Waals surface area contributed by atoms with Crippen molar-refractivity contribution in [1.29, 1.82) is 5.26 Å². The Balaban J connectivity index is 2.64. The molecule has 3 heteroatoms. The largest absolute Gasteiger partial charge is 0.259 e. The first kappa shape index (κ1) is 11.7. The Labute approximate surface area is 89.1 Å². The van der Waals surface area contributed by atoms with Crippen LogP contribution in [0, 0.1) is 17.2 Å². The monoisotopic (exact) mass is 213 g/mol. The van der Waals surface area contributed by atoms with Crippen molar-refractivity contribution in [2.75, 3.05) is 0 Å². The quantitative estimate of drug-likeness (QED) is 0.723. The summed E-state index contributed by atoms with van der Waals surface area (Å²) in [6.45, 7) is 4.09. The molecule has 0 aromatic carbocycles. The van der Waals surface area contributed by atoms with E-state index < -0.39 is 10.8 Å². The lowest BCUT2D eigenvalue weighted by atomic mass is 9.90. The smallest absolute Gasteiger partial charge is 0.0668 e. The molecule has 80 valence electrons. The van der Waals surface area contributed by atoms with Crippen molar-refractivity contribution in [2.45, 2.75) is 56.5 Å². The van der Waals surface area contributed by atoms with Crippen molar-refractivity contribution in [3.8, 4) is 6.07 Å². The van der Waals surface area contributed by atoms with Gasteiger partial charge in [-0.1, -0.05) is 26.7 Å². The van der Waals surface area contributed by atoms with Gasteiger partial charge in [0, 0.05) is 16.0 Å². The Morgan fingerprint density at radius 1 is 1.50 bits per heavy atom. The molecular formula is C11H19NOS. The maximum absolute atomic E-state index is 12.1. The van der Waals surface area contributed by atoms with Crippen LogP contribution in [0.1, 0.15) is 46.0 Å². The first-order chi connectivity index (χ1) is 6.70. The molecule has 0 aromatic rings. The highest BCUT2D eigenvalue weighted by Crippen LogP contribution is 2.29. The van der Waals surface area contributed by atoms with Gasteiger partial charge in [0.05, 0.1) is 17.2 Å². The SMILES string of the molecule is CCC(C)S(=O)C1CCCCC1C#N. The fourth-order valence-electron chi connectivity index (χ4n) is 1.99. The van der Waals surface area contributed by atoms with Crippen LogP contribution in [0.15, 0.2) is 0 Å². The highest BCUT2D eigenvalue weighted by molar-refractivity contribution is 7.86. The van der Waals surface area contributed by atoms with Crippen molar-refractivity contribution in [3.63, 3.8) is 0 Å². The molecular weight excluding hydrogens is 194 g/mol. The summed E-state index contributed by atoms with van der Waals surface area (Å²) in [6.07, 6.45) is 5.15. The summed E-state index contributed by atoms with van der Waals surface area (Å²) >= 11 is 0. The second-order valence-corrected chi connectivity index (χ2v) is 6.17. The molecule has 14 heavy (non-hydrogen) atoms. The molecule has 4 unspecified atom stereocenters. The zero-order chi connectivity index (χ0) is 10.6. The molecule has 0 radical (unpaired) electrons. The summed E-state index contributed by atoms with van der Waals surface area (Å²) in [5.74, 6) is 0.0404. The van der Waals surface area contributed by atoms with Crippen LogP contribution in [0.4, 0.5) is 0 Å². The lowest BCUT2D eigenvalue weighted by Crippen LogP contribution is -2.32. The molecule has 1 fully saturated rings. The zero-order valence-corrected chi connectivity index (χ0v) is 9.85. The van der Waals surface area contributed by atoms with Crippen LogP contribution >= 0.6 is 0 Å². The van der Waals surface area contributed by atoms with Crippen molar-refractivity contribution >= 4 is 10.8 Å². The third kappa shape index (κ3) is 2.57. The van der Waals surface area contributed by atoms with Gasteiger partial charge in [-0.15, -0.1) is 0 Å². The van der Waals surface area contributed by atoms with Crippen molar-refractivity contribution < 1.29 is 4.21 Å². The third-order valence-electron chi connectivity index (χ3n) is 3.14. The minimum Gasteiger partial charge on any atom is -0.259 e. The second kappa shape index (κ2) is 5.50. The molecule has 0 bridgehead atoms. The molecule has 0 aromatic heterocycles. The first-order valence-corrected chi connectivity index (χ1v) is 6.77. The summed E-state index contributed by atoms with van der Waals surface area (Å²) in [5, 5.41) is 9.37. The highest BCUT2D eigenvalue weighted by Gasteiger charge is 2.31. The van der Waals surface area contributed by atoms with Crippen LogP contribution in [0.3, 0.4) is 0 Å². The summed E-state index contributed by atoms with van der Waals surface area (Å²) < 4.78 is 12.1. The average molecular weight is 213 g/mol. The van der Waals surface area contributed by atoms with E-state index in [1.54, 1.807) is 0 Å². The number of hydrogen-bond donors (Lipinski definition) is 0. The van der Waals surface area contributed by atoms with E-state index in [1.165, 1.54) is 0 Å². The summed E-state index contributed by atoms with van der Waals surface area (Å²) in [6, 6.07) is 2.32. The number of nitriles is 1. The molecule has 1 saturated carbocycles. The Morgan fingerprint density at radius 3 is 2.71 bits per heavy atom. The summed E-state index contributed by atoms with van der Waals surface area (Å²) in [5.41, 5.74) is 0. The molecule has 0 spiro atoms. The second-order valence-electron chi connectivity index (χ2n) is 4.11. The first-order valence-electron chi connectivity index (χ1n) is 5.49. The minimum atomic E-state index is -0.804. The Kier molecular flexibility index (Phi) is 4.60. The minimum absolute atomic E-state index is 0.0404. The maximum Gasteiger partial charge on any atom is 0.0668 e. The Hall–Kier alpha value is -0.360. The fraction of sp³-hybridized carbons (Fsp3) is 0.909. The van der Waals surface area contributed by atoms with Gasteiger partial charge in [0.1, 0.15) is 0 Å². The predicted octanol–water partition coefficient (Wildman–Crippen LogP) is 2.62. The van der Waals surface area contributed by atoms with Gasteiger partial charge < -0.3 is 0 Å². The lowest BCUT2D eigenvalue weighted by Gasteiger charge is -2.28. The van der Waals surface area contributed by atoms with Gasteiger partial charge in [0.2, 0.25) is 0 Å². The van der Waals surface area contributed by atoms with E-state index in [2.05, 4.69) is 13.0 Å². The van der Waals surface area contributed by atoms with E-state index in [4.69, 9.17) is 5.26 Å². The third-order valence-corrected chi connectivity index (χ3v) is 5.43. The van der Waals surface area contributed by atoms with Crippen molar-refractivity contribution in [3.05, 3.63) is 0 Å².